The molecular weight excluding hydrogens is 386 g/mol. The second-order valence-electron chi connectivity index (χ2n) is 7.68. The number of aryl methyl sites for hydroxylation is 2. The molecule has 0 aliphatic carbocycles. The average molecular weight is 409 g/mol. The zero-order valence-corrected chi connectivity index (χ0v) is 16.9. The van der Waals surface area contributed by atoms with E-state index in [4.69, 9.17) is 18.6 Å². The van der Waals surface area contributed by atoms with Gasteiger partial charge in [-0.2, -0.15) is 0 Å². The number of nitrogens with zero attached hydrogens (tertiary/aromatic N) is 3. The van der Waals surface area contributed by atoms with Gasteiger partial charge in [-0.1, -0.05) is 12.1 Å². The summed E-state index contributed by atoms with van der Waals surface area (Å²) in [5, 5.41) is 2.03. The molecule has 5 rings (SSSR count). The fraction of sp³-hybridized carbons (Fsp3) is 0.409. The molecule has 0 unspecified atom stereocenters. The molecule has 2 saturated heterocycles. The fourth-order valence-corrected chi connectivity index (χ4v) is 4.06. The predicted octanol–water partition coefficient (Wildman–Crippen LogP) is 2.53. The molecule has 1 aromatic carbocycles. The standard InChI is InChI=1S/C22H23N3O5/c1-13-21(24-14(2)29-13)22(26)25-9-19-20(10-25)28-12-16(11-27-19)30-18-5-3-4-15-8-23-7-6-17(15)18/h3-8,16,19-20H,9-12H2,1-2H3/t19-,20-/m0/s1. The van der Waals surface area contributed by atoms with Gasteiger partial charge in [-0.3, -0.25) is 9.78 Å². The summed E-state index contributed by atoms with van der Waals surface area (Å²) in [7, 11) is 0. The van der Waals surface area contributed by atoms with Crippen molar-refractivity contribution in [1.29, 1.82) is 0 Å². The van der Waals surface area contributed by atoms with Gasteiger partial charge < -0.3 is 23.5 Å². The second kappa shape index (κ2) is 7.70. The predicted molar refractivity (Wildman–Crippen MR) is 108 cm³/mol. The van der Waals surface area contributed by atoms with Crippen LogP contribution >= 0.6 is 0 Å². The summed E-state index contributed by atoms with van der Waals surface area (Å²) < 4.78 is 23.7. The first-order valence-electron chi connectivity index (χ1n) is 10.0. The number of oxazole rings is 1. The highest BCUT2D eigenvalue weighted by atomic mass is 16.6. The number of ether oxygens (including phenoxy) is 3. The number of rotatable bonds is 3. The Labute approximate surface area is 173 Å². The van der Waals surface area contributed by atoms with Crippen LogP contribution in [0.3, 0.4) is 0 Å². The second-order valence-corrected chi connectivity index (χ2v) is 7.68. The van der Waals surface area contributed by atoms with E-state index >= 15 is 0 Å². The minimum Gasteiger partial charge on any atom is -0.485 e. The highest BCUT2D eigenvalue weighted by Gasteiger charge is 2.41. The van der Waals surface area contributed by atoms with Crippen LogP contribution in [0.1, 0.15) is 22.1 Å². The lowest BCUT2D eigenvalue weighted by molar-refractivity contribution is -0.00461. The largest absolute Gasteiger partial charge is 0.485 e. The summed E-state index contributed by atoms with van der Waals surface area (Å²) in [6.07, 6.45) is 2.97. The lowest BCUT2D eigenvalue weighted by atomic mass is 10.1. The fourth-order valence-electron chi connectivity index (χ4n) is 4.06. The van der Waals surface area contributed by atoms with Crippen molar-refractivity contribution in [1.82, 2.24) is 14.9 Å². The molecule has 0 bridgehead atoms. The summed E-state index contributed by atoms with van der Waals surface area (Å²) >= 11 is 0. The van der Waals surface area contributed by atoms with Crippen molar-refractivity contribution in [3.63, 3.8) is 0 Å². The van der Waals surface area contributed by atoms with E-state index in [1.807, 2.05) is 30.5 Å². The normalized spacial score (nSPS) is 22.1. The SMILES string of the molecule is Cc1nc(C(=O)N2C[C@@H]3OCC(Oc4cccc5cnccc45)CO[C@H]3C2)c(C)o1. The van der Waals surface area contributed by atoms with Gasteiger partial charge in [-0.05, 0) is 19.1 Å². The number of aromatic nitrogens is 2. The topological polar surface area (TPSA) is 86.9 Å². The van der Waals surface area contributed by atoms with Crippen molar-refractivity contribution in [3.8, 4) is 5.75 Å². The third-order valence-electron chi connectivity index (χ3n) is 5.54. The third-order valence-corrected chi connectivity index (χ3v) is 5.54. The molecule has 4 heterocycles. The molecule has 0 saturated carbocycles. The van der Waals surface area contributed by atoms with Gasteiger partial charge in [-0.25, -0.2) is 4.98 Å². The summed E-state index contributed by atoms with van der Waals surface area (Å²) in [4.78, 5) is 22.9. The summed E-state index contributed by atoms with van der Waals surface area (Å²) in [6.45, 7) is 5.19. The first-order chi connectivity index (χ1) is 14.6. The maximum absolute atomic E-state index is 12.8. The van der Waals surface area contributed by atoms with Gasteiger partial charge in [-0.15, -0.1) is 0 Å². The van der Waals surface area contributed by atoms with E-state index in [9.17, 15) is 4.79 Å². The van der Waals surface area contributed by atoms with Crippen LogP contribution in [0.5, 0.6) is 5.75 Å². The van der Waals surface area contributed by atoms with E-state index in [0.717, 1.165) is 16.5 Å². The number of hydrogen-bond acceptors (Lipinski definition) is 7. The lowest BCUT2D eigenvalue weighted by Gasteiger charge is -2.20. The van der Waals surface area contributed by atoms with Crippen LogP contribution in [0.15, 0.2) is 41.1 Å². The van der Waals surface area contributed by atoms with E-state index in [0.29, 0.717) is 43.6 Å². The summed E-state index contributed by atoms with van der Waals surface area (Å²) in [6, 6.07) is 7.83. The van der Waals surface area contributed by atoms with E-state index < -0.39 is 0 Å². The van der Waals surface area contributed by atoms with Crippen LogP contribution in [0.4, 0.5) is 0 Å². The van der Waals surface area contributed by atoms with Crippen LogP contribution in [0.2, 0.25) is 0 Å². The Balaban J connectivity index is 1.24. The molecule has 1 amide bonds. The Morgan fingerprint density at radius 2 is 1.90 bits per heavy atom. The van der Waals surface area contributed by atoms with E-state index in [-0.39, 0.29) is 24.2 Å². The zero-order chi connectivity index (χ0) is 20.7. The van der Waals surface area contributed by atoms with Gasteiger partial charge >= 0.3 is 0 Å². The van der Waals surface area contributed by atoms with Crippen molar-refractivity contribution in [2.75, 3.05) is 26.3 Å². The van der Waals surface area contributed by atoms with Gasteiger partial charge in [0, 0.05) is 43.2 Å². The minimum atomic E-state index is -0.223. The molecule has 156 valence electrons. The maximum atomic E-state index is 12.8. The first-order valence-corrected chi connectivity index (χ1v) is 10.0. The quantitative estimate of drug-likeness (QED) is 0.657. The number of amides is 1. The van der Waals surface area contributed by atoms with Crippen molar-refractivity contribution < 1.29 is 23.4 Å². The molecule has 2 aromatic heterocycles. The monoisotopic (exact) mass is 409 g/mol. The molecular formula is C22H23N3O5. The van der Waals surface area contributed by atoms with Crippen LogP contribution < -0.4 is 4.74 Å². The van der Waals surface area contributed by atoms with Gasteiger partial charge in [0.1, 0.15) is 29.8 Å². The zero-order valence-electron chi connectivity index (χ0n) is 16.9. The van der Waals surface area contributed by atoms with Crippen molar-refractivity contribution in [2.45, 2.75) is 32.2 Å². The highest BCUT2D eigenvalue weighted by Crippen LogP contribution is 2.28. The number of likely N-dealkylation sites (tertiary alicyclic amines) is 1. The highest BCUT2D eigenvalue weighted by molar-refractivity contribution is 5.93. The molecule has 2 aliphatic rings. The van der Waals surface area contributed by atoms with Crippen LogP contribution in [-0.4, -0.2) is 65.4 Å². The Kier molecular flexibility index (Phi) is 4.88. The number of carbonyl (C=O) groups is 1. The van der Waals surface area contributed by atoms with Crippen molar-refractivity contribution in [2.24, 2.45) is 0 Å². The molecule has 2 fully saturated rings. The number of fused-ring (bicyclic) bond motifs is 2. The van der Waals surface area contributed by atoms with Gasteiger partial charge in [0.25, 0.3) is 5.91 Å². The van der Waals surface area contributed by atoms with Crippen molar-refractivity contribution >= 4 is 16.7 Å². The van der Waals surface area contributed by atoms with Crippen LogP contribution in [-0.2, 0) is 9.47 Å². The molecule has 2 atom stereocenters. The Hall–Kier alpha value is -2.97. The molecule has 8 heteroatoms. The number of pyridine rings is 1. The first kappa shape index (κ1) is 19.0. The van der Waals surface area contributed by atoms with Crippen molar-refractivity contribution in [3.05, 3.63) is 54.0 Å². The summed E-state index contributed by atoms with van der Waals surface area (Å²) in [5.41, 5.74) is 0.357. The van der Waals surface area contributed by atoms with Gasteiger partial charge in [0.15, 0.2) is 11.6 Å². The number of carbonyl (C=O) groups excluding carboxylic acids is 1. The third kappa shape index (κ3) is 3.53. The number of hydrogen-bond donors (Lipinski definition) is 0. The van der Waals surface area contributed by atoms with Gasteiger partial charge in [0.2, 0.25) is 0 Å². The Bertz CT molecular complexity index is 1060. The number of benzene rings is 1. The maximum Gasteiger partial charge on any atom is 0.276 e. The summed E-state index contributed by atoms with van der Waals surface area (Å²) in [5.74, 6) is 1.65. The van der Waals surface area contributed by atoms with E-state index in [1.54, 1.807) is 24.9 Å². The Morgan fingerprint density at radius 3 is 2.60 bits per heavy atom. The van der Waals surface area contributed by atoms with E-state index in [2.05, 4.69) is 9.97 Å². The van der Waals surface area contributed by atoms with Crippen LogP contribution in [0.25, 0.3) is 10.8 Å². The lowest BCUT2D eigenvalue weighted by Crippen LogP contribution is -2.33. The Morgan fingerprint density at radius 1 is 1.13 bits per heavy atom. The minimum absolute atomic E-state index is 0.151. The molecule has 0 spiro atoms. The van der Waals surface area contributed by atoms with E-state index in [1.165, 1.54) is 0 Å². The van der Waals surface area contributed by atoms with Gasteiger partial charge in [0.05, 0.1) is 13.2 Å². The molecule has 30 heavy (non-hydrogen) atoms. The molecule has 0 radical (unpaired) electrons. The molecule has 3 aromatic rings. The smallest absolute Gasteiger partial charge is 0.276 e. The molecule has 8 nitrogen and oxygen atoms in total. The molecule has 0 N–H and O–H groups in total. The average Bonchev–Trinajstić information content (AvgIpc) is 3.26. The van der Waals surface area contributed by atoms with Crippen LogP contribution in [0, 0.1) is 13.8 Å². The molecule has 2 aliphatic heterocycles.